The quantitative estimate of drug-likeness (QED) is 0.730. The van der Waals surface area contributed by atoms with Gasteiger partial charge >= 0.3 is 0 Å². The normalized spacial score (nSPS) is 12.7. The SMILES string of the molecule is CCCCCCC(NC)c1ccc(Cl)cn1. The fraction of sp³-hybridized carbons (Fsp3) is 0.615. The van der Waals surface area contributed by atoms with E-state index in [1.807, 2.05) is 19.2 Å². The molecule has 1 unspecified atom stereocenters. The molecule has 1 atom stereocenters. The van der Waals surface area contributed by atoms with E-state index in [4.69, 9.17) is 11.6 Å². The van der Waals surface area contributed by atoms with Gasteiger partial charge in [0.15, 0.2) is 0 Å². The lowest BCUT2D eigenvalue weighted by molar-refractivity contribution is 0.496. The molecule has 1 N–H and O–H groups in total. The Morgan fingerprint density at radius 2 is 2.12 bits per heavy atom. The van der Waals surface area contributed by atoms with Crippen molar-refractivity contribution in [2.75, 3.05) is 7.05 Å². The maximum absolute atomic E-state index is 5.82. The van der Waals surface area contributed by atoms with Crippen molar-refractivity contribution >= 4 is 11.6 Å². The van der Waals surface area contributed by atoms with Gasteiger partial charge in [0.2, 0.25) is 0 Å². The lowest BCUT2D eigenvalue weighted by Crippen LogP contribution is -2.17. The molecule has 0 radical (unpaired) electrons. The van der Waals surface area contributed by atoms with Crippen molar-refractivity contribution in [3.05, 3.63) is 29.0 Å². The molecule has 16 heavy (non-hydrogen) atoms. The van der Waals surface area contributed by atoms with E-state index < -0.39 is 0 Å². The molecule has 1 aromatic heterocycles. The van der Waals surface area contributed by atoms with Crippen LogP contribution in [0, 0.1) is 0 Å². The van der Waals surface area contributed by atoms with E-state index in [0.717, 1.165) is 12.1 Å². The van der Waals surface area contributed by atoms with Crippen LogP contribution in [0.2, 0.25) is 5.02 Å². The Morgan fingerprint density at radius 3 is 2.69 bits per heavy atom. The lowest BCUT2D eigenvalue weighted by atomic mass is 10.0. The van der Waals surface area contributed by atoms with Crippen molar-refractivity contribution in [2.45, 2.75) is 45.1 Å². The number of nitrogens with zero attached hydrogens (tertiary/aromatic N) is 1. The van der Waals surface area contributed by atoms with Gasteiger partial charge in [-0.1, -0.05) is 44.2 Å². The molecule has 90 valence electrons. The van der Waals surface area contributed by atoms with Crippen LogP contribution in [-0.2, 0) is 0 Å². The van der Waals surface area contributed by atoms with Crippen molar-refractivity contribution in [1.82, 2.24) is 10.3 Å². The smallest absolute Gasteiger partial charge is 0.0589 e. The zero-order valence-corrected chi connectivity index (χ0v) is 10.9. The Morgan fingerprint density at radius 1 is 1.31 bits per heavy atom. The molecule has 1 aromatic rings. The minimum atomic E-state index is 0.356. The number of nitrogens with one attached hydrogen (secondary N) is 1. The van der Waals surface area contributed by atoms with E-state index in [1.54, 1.807) is 6.20 Å². The van der Waals surface area contributed by atoms with Gasteiger partial charge in [0, 0.05) is 12.2 Å². The molecule has 0 fully saturated rings. The number of rotatable bonds is 7. The number of unbranched alkanes of at least 4 members (excludes halogenated alkanes) is 3. The monoisotopic (exact) mass is 240 g/mol. The molecule has 2 nitrogen and oxygen atoms in total. The van der Waals surface area contributed by atoms with Gasteiger partial charge in [-0.05, 0) is 25.6 Å². The lowest BCUT2D eigenvalue weighted by Gasteiger charge is -2.15. The van der Waals surface area contributed by atoms with Crippen molar-refractivity contribution in [1.29, 1.82) is 0 Å². The van der Waals surface area contributed by atoms with Crippen LogP contribution in [0.3, 0.4) is 0 Å². The molecule has 1 rings (SSSR count). The summed E-state index contributed by atoms with van der Waals surface area (Å²) in [4.78, 5) is 4.35. The maximum Gasteiger partial charge on any atom is 0.0589 e. The third-order valence-corrected chi connectivity index (χ3v) is 3.03. The van der Waals surface area contributed by atoms with Crippen molar-refractivity contribution in [2.24, 2.45) is 0 Å². The molecule has 3 heteroatoms. The molecule has 0 aliphatic heterocycles. The fourth-order valence-corrected chi connectivity index (χ4v) is 1.92. The number of halogens is 1. The Bertz CT molecular complexity index is 284. The minimum Gasteiger partial charge on any atom is -0.312 e. The maximum atomic E-state index is 5.82. The van der Waals surface area contributed by atoms with Crippen molar-refractivity contribution in [3.63, 3.8) is 0 Å². The van der Waals surface area contributed by atoms with E-state index in [9.17, 15) is 0 Å². The predicted octanol–water partition coefficient (Wildman–Crippen LogP) is 3.97. The van der Waals surface area contributed by atoms with Crippen LogP contribution in [0.15, 0.2) is 18.3 Å². The van der Waals surface area contributed by atoms with Crippen LogP contribution < -0.4 is 5.32 Å². The molecule has 0 saturated heterocycles. The van der Waals surface area contributed by atoms with Gasteiger partial charge in [-0.2, -0.15) is 0 Å². The van der Waals surface area contributed by atoms with E-state index in [0.29, 0.717) is 11.1 Å². The first kappa shape index (κ1) is 13.5. The first-order valence-corrected chi connectivity index (χ1v) is 6.44. The highest BCUT2D eigenvalue weighted by Gasteiger charge is 2.09. The molecular formula is C13H21ClN2. The summed E-state index contributed by atoms with van der Waals surface area (Å²) >= 11 is 5.82. The van der Waals surface area contributed by atoms with E-state index in [-0.39, 0.29) is 0 Å². The summed E-state index contributed by atoms with van der Waals surface area (Å²) in [6.07, 6.45) is 8.03. The van der Waals surface area contributed by atoms with Crippen LogP contribution in [0.5, 0.6) is 0 Å². The second-order valence-corrected chi connectivity index (χ2v) is 4.53. The number of aromatic nitrogens is 1. The molecule has 0 aliphatic carbocycles. The zero-order chi connectivity index (χ0) is 11.8. The third kappa shape index (κ3) is 4.50. The summed E-state index contributed by atoms with van der Waals surface area (Å²) in [6.45, 7) is 2.23. The van der Waals surface area contributed by atoms with Gasteiger partial charge < -0.3 is 5.32 Å². The van der Waals surface area contributed by atoms with Gasteiger partial charge in [0.05, 0.1) is 10.7 Å². The third-order valence-electron chi connectivity index (χ3n) is 2.80. The summed E-state index contributed by atoms with van der Waals surface area (Å²) in [6, 6.07) is 4.26. The highest BCUT2D eigenvalue weighted by molar-refractivity contribution is 6.30. The summed E-state index contributed by atoms with van der Waals surface area (Å²) in [5.41, 5.74) is 1.09. The average molecular weight is 241 g/mol. The van der Waals surface area contributed by atoms with Crippen LogP contribution >= 0.6 is 11.6 Å². The van der Waals surface area contributed by atoms with Gasteiger partial charge in [0.1, 0.15) is 0 Å². The van der Waals surface area contributed by atoms with Crippen LogP contribution in [0.1, 0.15) is 50.8 Å². The standard InChI is InChI=1S/C13H21ClN2/c1-3-4-5-6-7-12(15-2)13-9-8-11(14)10-16-13/h8-10,12,15H,3-7H2,1-2H3. The average Bonchev–Trinajstić information content (AvgIpc) is 2.31. The summed E-state index contributed by atoms with van der Waals surface area (Å²) < 4.78 is 0. The van der Waals surface area contributed by atoms with E-state index >= 15 is 0 Å². The predicted molar refractivity (Wildman–Crippen MR) is 69.8 cm³/mol. The zero-order valence-electron chi connectivity index (χ0n) is 10.2. The molecule has 0 aliphatic rings. The van der Waals surface area contributed by atoms with Crippen molar-refractivity contribution < 1.29 is 0 Å². The molecule has 0 bridgehead atoms. The number of hydrogen-bond donors (Lipinski definition) is 1. The largest absolute Gasteiger partial charge is 0.312 e. The van der Waals surface area contributed by atoms with Crippen LogP contribution in [0.4, 0.5) is 0 Å². The molecule has 0 spiro atoms. The Balaban J connectivity index is 2.44. The van der Waals surface area contributed by atoms with Crippen LogP contribution in [-0.4, -0.2) is 12.0 Å². The van der Waals surface area contributed by atoms with Crippen molar-refractivity contribution in [3.8, 4) is 0 Å². The highest BCUT2D eigenvalue weighted by atomic mass is 35.5. The van der Waals surface area contributed by atoms with E-state index in [2.05, 4.69) is 17.2 Å². The Kier molecular flexibility index (Phi) is 6.43. The van der Waals surface area contributed by atoms with Crippen LogP contribution in [0.25, 0.3) is 0 Å². The Labute approximate surface area is 103 Å². The van der Waals surface area contributed by atoms with Gasteiger partial charge in [-0.3, -0.25) is 4.98 Å². The molecule has 0 saturated carbocycles. The molecule has 1 heterocycles. The summed E-state index contributed by atoms with van der Waals surface area (Å²) in [7, 11) is 1.99. The first-order valence-electron chi connectivity index (χ1n) is 6.06. The van der Waals surface area contributed by atoms with Gasteiger partial charge in [-0.15, -0.1) is 0 Å². The summed E-state index contributed by atoms with van der Waals surface area (Å²) in [5.74, 6) is 0. The first-order chi connectivity index (χ1) is 7.77. The highest BCUT2D eigenvalue weighted by Crippen LogP contribution is 2.19. The number of hydrogen-bond acceptors (Lipinski definition) is 2. The summed E-state index contributed by atoms with van der Waals surface area (Å²) in [5, 5.41) is 4.01. The minimum absolute atomic E-state index is 0.356. The molecular weight excluding hydrogens is 220 g/mol. The molecule has 0 amide bonds. The topological polar surface area (TPSA) is 24.9 Å². The van der Waals surface area contributed by atoms with Gasteiger partial charge in [0.25, 0.3) is 0 Å². The number of pyridine rings is 1. The van der Waals surface area contributed by atoms with E-state index in [1.165, 1.54) is 25.7 Å². The van der Waals surface area contributed by atoms with Gasteiger partial charge in [-0.25, -0.2) is 0 Å². The molecule has 0 aromatic carbocycles. The second kappa shape index (κ2) is 7.64. The Hall–Kier alpha value is -0.600. The second-order valence-electron chi connectivity index (χ2n) is 4.09. The fourth-order valence-electron chi connectivity index (χ4n) is 1.81.